The van der Waals surface area contributed by atoms with Gasteiger partial charge in [0.2, 0.25) is 0 Å². The Bertz CT molecular complexity index is 599. The van der Waals surface area contributed by atoms with E-state index < -0.39 is 0 Å². The third-order valence-electron chi connectivity index (χ3n) is 6.86. The van der Waals surface area contributed by atoms with Crippen LogP contribution in [0.3, 0.4) is 0 Å². The Kier molecular flexibility index (Phi) is 5.03. The summed E-state index contributed by atoms with van der Waals surface area (Å²) >= 11 is 0. The summed E-state index contributed by atoms with van der Waals surface area (Å²) in [5, 5.41) is 3.50. The van der Waals surface area contributed by atoms with Crippen molar-refractivity contribution in [2.45, 2.75) is 43.7 Å². The van der Waals surface area contributed by atoms with Gasteiger partial charge in [0.1, 0.15) is 5.75 Å². The number of hydrogen-bond acceptors (Lipinski definition) is 4. The van der Waals surface area contributed by atoms with E-state index in [0.29, 0.717) is 18.0 Å². The van der Waals surface area contributed by atoms with Crippen molar-refractivity contribution in [3.8, 4) is 5.75 Å². The largest absolute Gasteiger partial charge is 0.497 e. The van der Waals surface area contributed by atoms with Gasteiger partial charge in [-0.3, -0.25) is 0 Å². The number of nitrogens with one attached hydrogen (secondary N) is 1. The summed E-state index contributed by atoms with van der Waals surface area (Å²) in [6.07, 6.45) is 5.08. The Hall–Kier alpha value is -1.10. The molecule has 3 unspecified atom stereocenters. The van der Waals surface area contributed by atoms with Crippen LogP contribution in [0.2, 0.25) is 0 Å². The summed E-state index contributed by atoms with van der Waals surface area (Å²) in [6, 6.07) is 8.02. The molecule has 2 aliphatic heterocycles. The van der Waals surface area contributed by atoms with Gasteiger partial charge in [0.25, 0.3) is 0 Å². The molecule has 0 amide bonds. The molecule has 1 aromatic rings. The van der Waals surface area contributed by atoms with E-state index in [1.54, 1.807) is 12.7 Å². The van der Waals surface area contributed by atoms with Crippen molar-refractivity contribution >= 4 is 0 Å². The van der Waals surface area contributed by atoms with Crippen LogP contribution in [0.15, 0.2) is 18.2 Å². The van der Waals surface area contributed by atoms with Crippen molar-refractivity contribution in [2.24, 2.45) is 5.92 Å². The van der Waals surface area contributed by atoms with Gasteiger partial charge in [-0.1, -0.05) is 6.07 Å². The van der Waals surface area contributed by atoms with Gasteiger partial charge in [0.15, 0.2) is 0 Å². The standard InChI is InChI=1S/C21H33N3O/c1-23-11-8-18-19-13-17(25-3)5-4-16(19)12-20(23)21(18)24(2)14-15-6-9-22-10-7-15/h4-5,13,15,18,20-22H,6-12,14H2,1-3H3. The van der Waals surface area contributed by atoms with E-state index in [2.05, 4.69) is 47.4 Å². The molecule has 2 saturated heterocycles. The van der Waals surface area contributed by atoms with Crippen LogP contribution in [-0.2, 0) is 6.42 Å². The fourth-order valence-corrected chi connectivity index (χ4v) is 5.47. The number of benzene rings is 1. The minimum Gasteiger partial charge on any atom is -0.497 e. The second-order valence-corrected chi connectivity index (χ2v) is 8.34. The average molecular weight is 344 g/mol. The molecular formula is C21H33N3O. The second-order valence-electron chi connectivity index (χ2n) is 8.34. The monoisotopic (exact) mass is 343 g/mol. The molecule has 0 spiro atoms. The van der Waals surface area contributed by atoms with Crippen LogP contribution in [0.4, 0.5) is 0 Å². The number of piperidine rings is 2. The summed E-state index contributed by atoms with van der Waals surface area (Å²) in [4.78, 5) is 5.30. The van der Waals surface area contributed by atoms with Crippen LogP contribution >= 0.6 is 0 Å². The Labute approximate surface area is 152 Å². The smallest absolute Gasteiger partial charge is 0.119 e. The van der Waals surface area contributed by atoms with Gasteiger partial charge in [-0.2, -0.15) is 0 Å². The highest BCUT2D eigenvalue weighted by Crippen LogP contribution is 2.43. The third kappa shape index (κ3) is 3.32. The average Bonchev–Trinajstić information content (AvgIpc) is 2.64. The van der Waals surface area contributed by atoms with Crippen LogP contribution in [0, 0.1) is 5.92 Å². The molecule has 3 atom stereocenters. The molecular weight excluding hydrogens is 310 g/mol. The van der Waals surface area contributed by atoms with Crippen LogP contribution < -0.4 is 10.1 Å². The van der Waals surface area contributed by atoms with Crippen LogP contribution in [0.1, 0.15) is 36.3 Å². The summed E-state index contributed by atoms with van der Waals surface area (Å²) in [5.74, 6) is 2.51. The zero-order chi connectivity index (χ0) is 17.4. The first kappa shape index (κ1) is 17.3. The molecule has 2 fully saturated rings. The van der Waals surface area contributed by atoms with Gasteiger partial charge >= 0.3 is 0 Å². The molecule has 0 saturated carbocycles. The minimum atomic E-state index is 0.633. The number of likely N-dealkylation sites (N-methyl/N-ethyl adjacent to an activating group) is 2. The lowest BCUT2D eigenvalue weighted by Crippen LogP contribution is -2.60. The van der Waals surface area contributed by atoms with Crippen LogP contribution in [-0.4, -0.2) is 69.3 Å². The topological polar surface area (TPSA) is 27.7 Å². The van der Waals surface area contributed by atoms with Crippen molar-refractivity contribution < 1.29 is 4.74 Å². The summed E-state index contributed by atoms with van der Waals surface area (Å²) in [6.45, 7) is 4.84. The Morgan fingerprint density at radius 1 is 1.24 bits per heavy atom. The van der Waals surface area contributed by atoms with Crippen LogP contribution in [0.25, 0.3) is 0 Å². The molecule has 1 aromatic carbocycles. The van der Waals surface area contributed by atoms with Gasteiger partial charge in [-0.15, -0.1) is 0 Å². The van der Waals surface area contributed by atoms with Crippen molar-refractivity contribution in [1.29, 1.82) is 0 Å². The lowest BCUT2D eigenvalue weighted by Gasteiger charge is -2.52. The molecule has 4 rings (SSSR count). The van der Waals surface area contributed by atoms with Crippen molar-refractivity contribution in [2.75, 3.05) is 47.4 Å². The van der Waals surface area contributed by atoms with Gasteiger partial charge in [0, 0.05) is 24.5 Å². The maximum absolute atomic E-state index is 5.53. The van der Waals surface area contributed by atoms with E-state index in [-0.39, 0.29) is 0 Å². The Morgan fingerprint density at radius 3 is 2.80 bits per heavy atom. The van der Waals surface area contributed by atoms with E-state index in [9.17, 15) is 0 Å². The highest BCUT2D eigenvalue weighted by atomic mass is 16.5. The second kappa shape index (κ2) is 7.26. The molecule has 3 aliphatic rings. The number of ether oxygens (including phenoxy) is 1. The minimum absolute atomic E-state index is 0.633. The predicted molar refractivity (Wildman–Crippen MR) is 102 cm³/mol. The predicted octanol–water partition coefficient (Wildman–Crippen LogP) is 2.34. The van der Waals surface area contributed by atoms with Gasteiger partial charge in [-0.05, 0) is 88.6 Å². The van der Waals surface area contributed by atoms with E-state index >= 15 is 0 Å². The molecule has 4 nitrogen and oxygen atoms in total. The first-order valence-electron chi connectivity index (χ1n) is 9.95. The number of rotatable bonds is 4. The van der Waals surface area contributed by atoms with E-state index in [1.165, 1.54) is 57.4 Å². The third-order valence-corrected chi connectivity index (χ3v) is 6.86. The number of hydrogen-bond donors (Lipinski definition) is 1. The normalized spacial score (nSPS) is 30.3. The molecule has 25 heavy (non-hydrogen) atoms. The first-order chi connectivity index (χ1) is 12.2. The SMILES string of the molecule is COc1ccc2c(c1)C1CCN(C)C(C2)C1N(C)CC1CCNCC1. The van der Waals surface area contributed by atoms with Gasteiger partial charge in [-0.25, -0.2) is 0 Å². The molecule has 0 aromatic heterocycles. The van der Waals surface area contributed by atoms with Crippen molar-refractivity contribution in [3.05, 3.63) is 29.3 Å². The Morgan fingerprint density at radius 2 is 2.04 bits per heavy atom. The fraction of sp³-hybridized carbons (Fsp3) is 0.714. The van der Waals surface area contributed by atoms with E-state index in [1.807, 2.05) is 0 Å². The summed E-state index contributed by atoms with van der Waals surface area (Å²) in [5.41, 5.74) is 3.08. The summed E-state index contributed by atoms with van der Waals surface area (Å²) in [7, 11) is 6.47. The van der Waals surface area contributed by atoms with Crippen molar-refractivity contribution in [3.63, 3.8) is 0 Å². The maximum atomic E-state index is 5.53. The number of fused-ring (bicyclic) bond motifs is 4. The lowest BCUT2D eigenvalue weighted by molar-refractivity contribution is 0.0338. The molecule has 138 valence electrons. The zero-order valence-electron chi connectivity index (χ0n) is 16.0. The first-order valence-corrected chi connectivity index (χ1v) is 9.95. The maximum Gasteiger partial charge on any atom is 0.119 e. The number of nitrogens with zero attached hydrogens (tertiary/aromatic N) is 2. The zero-order valence-corrected chi connectivity index (χ0v) is 16.0. The number of likely N-dealkylation sites (tertiary alicyclic amines) is 1. The molecule has 2 bridgehead atoms. The number of methoxy groups -OCH3 is 1. The van der Waals surface area contributed by atoms with Crippen molar-refractivity contribution in [1.82, 2.24) is 15.1 Å². The van der Waals surface area contributed by atoms with E-state index in [4.69, 9.17) is 4.74 Å². The molecule has 0 radical (unpaired) electrons. The van der Waals surface area contributed by atoms with E-state index in [0.717, 1.165) is 11.7 Å². The highest BCUT2D eigenvalue weighted by molar-refractivity contribution is 5.42. The molecule has 1 aliphatic carbocycles. The molecule has 1 N–H and O–H groups in total. The molecule has 2 heterocycles. The highest BCUT2D eigenvalue weighted by Gasteiger charge is 2.44. The quantitative estimate of drug-likeness (QED) is 0.908. The fourth-order valence-electron chi connectivity index (χ4n) is 5.47. The molecule has 4 heteroatoms. The van der Waals surface area contributed by atoms with Gasteiger partial charge in [0.05, 0.1) is 7.11 Å². The Balaban J connectivity index is 1.59. The van der Waals surface area contributed by atoms with Crippen LogP contribution in [0.5, 0.6) is 5.75 Å². The lowest BCUT2D eigenvalue weighted by atomic mass is 9.71. The summed E-state index contributed by atoms with van der Waals surface area (Å²) < 4.78 is 5.53. The van der Waals surface area contributed by atoms with Gasteiger partial charge < -0.3 is 19.9 Å².